The molecule has 0 aliphatic heterocycles. The van der Waals surface area contributed by atoms with Crippen LogP contribution in [-0.2, 0) is 16.2 Å². The van der Waals surface area contributed by atoms with Crippen LogP contribution in [0.15, 0.2) is 53.4 Å². The lowest BCUT2D eigenvalue weighted by molar-refractivity contribution is -0.142. The number of sulfonamides is 1. The van der Waals surface area contributed by atoms with Gasteiger partial charge >= 0.3 is 6.18 Å². The van der Waals surface area contributed by atoms with Gasteiger partial charge in [0.1, 0.15) is 5.69 Å². The summed E-state index contributed by atoms with van der Waals surface area (Å²) >= 11 is 5.87. The van der Waals surface area contributed by atoms with Gasteiger partial charge in [0, 0.05) is 22.2 Å². The Morgan fingerprint density at radius 2 is 1.59 bits per heavy atom. The van der Waals surface area contributed by atoms with Crippen LogP contribution in [0.2, 0.25) is 5.02 Å². The van der Waals surface area contributed by atoms with E-state index in [1.807, 2.05) is 0 Å². The first-order valence-electron chi connectivity index (χ1n) is 8.04. The average Bonchev–Trinajstić information content (AvgIpc) is 3.02. The molecule has 10 heteroatoms. The predicted octanol–water partition coefficient (Wildman–Crippen LogP) is 4.37. The van der Waals surface area contributed by atoms with Crippen molar-refractivity contribution < 1.29 is 21.6 Å². The number of nitrogens with two attached hydrogens (primary N) is 1. The average molecular weight is 440 g/mol. The van der Waals surface area contributed by atoms with Gasteiger partial charge in [-0.05, 0) is 36.8 Å². The van der Waals surface area contributed by atoms with E-state index in [1.54, 1.807) is 0 Å². The molecule has 0 unspecified atom stereocenters. The van der Waals surface area contributed by atoms with Crippen LogP contribution in [0.1, 0.15) is 12.6 Å². The maximum atomic E-state index is 13.9. The van der Waals surface area contributed by atoms with Crippen LogP contribution >= 0.6 is 11.6 Å². The SMILES string of the molecule is CC#Cn1nc(-c2ccc(S(N)(=O)=O)cc2)c(-c2ccc(Cl)cc2)c1C(F)(F)F. The summed E-state index contributed by atoms with van der Waals surface area (Å²) in [6.07, 6.45) is -4.75. The van der Waals surface area contributed by atoms with Crippen LogP contribution in [0.5, 0.6) is 0 Å². The molecule has 0 aliphatic rings. The Balaban J connectivity index is 2.34. The molecule has 150 valence electrons. The number of primary sulfonamides is 1. The molecule has 29 heavy (non-hydrogen) atoms. The van der Waals surface area contributed by atoms with Gasteiger partial charge < -0.3 is 0 Å². The van der Waals surface area contributed by atoms with Crippen molar-refractivity contribution in [2.75, 3.05) is 0 Å². The number of hydrogen-bond acceptors (Lipinski definition) is 3. The minimum atomic E-state index is -4.75. The molecular formula is C19H13ClF3N3O2S. The Morgan fingerprint density at radius 3 is 2.07 bits per heavy atom. The van der Waals surface area contributed by atoms with Gasteiger partial charge in [0.2, 0.25) is 10.0 Å². The summed E-state index contributed by atoms with van der Waals surface area (Å²) in [7, 11) is -3.95. The highest BCUT2D eigenvalue weighted by Gasteiger charge is 2.40. The van der Waals surface area contributed by atoms with E-state index in [1.165, 1.54) is 55.5 Å². The topological polar surface area (TPSA) is 78.0 Å². The molecule has 0 amide bonds. The Labute approximate surface area is 170 Å². The number of halogens is 4. The monoisotopic (exact) mass is 439 g/mol. The first-order valence-corrected chi connectivity index (χ1v) is 9.97. The number of hydrogen-bond donors (Lipinski definition) is 1. The summed E-state index contributed by atoms with van der Waals surface area (Å²) < 4.78 is 65.2. The van der Waals surface area contributed by atoms with Crippen molar-refractivity contribution in [3.05, 3.63) is 59.2 Å². The number of nitrogens with zero attached hydrogens (tertiary/aromatic N) is 2. The predicted molar refractivity (Wildman–Crippen MR) is 103 cm³/mol. The maximum Gasteiger partial charge on any atom is 0.434 e. The summed E-state index contributed by atoms with van der Waals surface area (Å²) in [6, 6.07) is 13.2. The summed E-state index contributed by atoms with van der Waals surface area (Å²) in [5.74, 6) is 2.41. The molecule has 2 N–H and O–H groups in total. The Morgan fingerprint density at radius 1 is 1.03 bits per heavy atom. The van der Waals surface area contributed by atoms with E-state index in [4.69, 9.17) is 16.7 Å². The van der Waals surface area contributed by atoms with Gasteiger partial charge in [-0.1, -0.05) is 41.8 Å². The van der Waals surface area contributed by atoms with E-state index < -0.39 is 21.9 Å². The number of benzene rings is 2. The summed E-state index contributed by atoms with van der Waals surface area (Å²) in [4.78, 5) is -0.168. The first-order chi connectivity index (χ1) is 13.5. The molecule has 0 fully saturated rings. The third-order valence-electron chi connectivity index (χ3n) is 3.96. The third kappa shape index (κ3) is 4.29. The molecule has 0 bridgehead atoms. The van der Waals surface area contributed by atoms with Crippen LogP contribution < -0.4 is 5.14 Å². The Hall–Kier alpha value is -2.80. The number of rotatable bonds is 3. The molecule has 2 aromatic carbocycles. The standard InChI is InChI=1S/C19H13ClF3N3O2S/c1-2-11-26-18(19(21,22)23)16(12-3-7-14(20)8-4-12)17(25-26)13-5-9-15(10-6-13)29(24,27)28/h3-10H,1H3,(H2,24,27,28). The Bertz CT molecular complexity index is 1220. The van der Waals surface area contributed by atoms with E-state index >= 15 is 0 Å². The highest BCUT2D eigenvalue weighted by Crippen LogP contribution is 2.42. The summed E-state index contributed by atoms with van der Waals surface area (Å²) in [5.41, 5.74) is -0.746. The molecule has 1 aromatic heterocycles. The molecule has 3 aromatic rings. The van der Waals surface area contributed by atoms with Crippen molar-refractivity contribution in [2.45, 2.75) is 18.0 Å². The summed E-state index contributed by atoms with van der Waals surface area (Å²) in [6.45, 7) is 1.39. The van der Waals surface area contributed by atoms with Crippen LogP contribution in [0.3, 0.4) is 0 Å². The number of aromatic nitrogens is 2. The maximum absolute atomic E-state index is 13.9. The normalized spacial score (nSPS) is 11.8. The van der Waals surface area contributed by atoms with E-state index in [0.29, 0.717) is 9.70 Å². The lowest BCUT2D eigenvalue weighted by atomic mass is 9.98. The van der Waals surface area contributed by atoms with Gasteiger partial charge in [0.15, 0.2) is 5.69 Å². The molecule has 0 saturated carbocycles. The fraction of sp³-hybridized carbons (Fsp3) is 0.105. The van der Waals surface area contributed by atoms with Gasteiger partial charge in [0.05, 0.1) is 4.90 Å². The largest absolute Gasteiger partial charge is 0.434 e. The molecule has 0 spiro atoms. The zero-order chi connectivity index (χ0) is 21.4. The van der Waals surface area contributed by atoms with E-state index in [2.05, 4.69) is 17.1 Å². The van der Waals surface area contributed by atoms with Gasteiger partial charge in [-0.2, -0.15) is 23.0 Å². The zero-order valence-electron chi connectivity index (χ0n) is 14.8. The number of alkyl halides is 3. The van der Waals surface area contributed by atoms with Gasteiger partial charge in [0.25, 0.3) is 0 Å². The molecule has 3 rings (SSSR count). The van der Waals surface area contributed by atoms with E-state index in [0.717, 1.165) is 0 Å². The highest BCUT2D eigenvalue weighted by atomic mass is 35.5. The van der Waals surface area contributed by atoms with Crippen molar-refractivity contribution >= 4 is 21.6 Å². The van der Waals surface area contributed by atoms with Crippen molar-refractivity contribution in [1.82, 2.24) is 9.78 Å². The lowest BCUT2D eigenvalue weighted by Crippen LogP contribution is -2.13. The van der Waals surface area contributed by atoms with Crippen molar-refractivity contribution in [2.24, 2.45) is 5.14 Å². The fourth-order valence-electron chi connectivity index (χ4n) is 2.76. The van der Waals surface area contributed by atoms with E-state index in [9.17, 15) is 21.6 Å². The summed E-state index contributed by atoms with van der Waals surface area (Å²) in [5, 5.41) is 9.48. The molecule has 1 heterocycles. The van der Waals surface area contributed by atoms with Crippen LogP contribution in [-0.4, -0.2) is 18.2 Å². The molecule has 0 atom stereocenters. The second kappa shape index (κ2) is 7.55. The molecule has 0 radical (unpaired) electrons. The van der Waals surface area contributed by atoms with Gasteiger partial charge in [-0.3, -0.25) is 0 Å². The van der Waals surface area contributed by atoms with Crippen LogP contribution in [0.4, 0.5) is 13.2 Å². The quantitative estimate of drug-likeness (QED) is 0.616. The van der Waals surface area contributed by atoms with Crippen molar-refractivity contribution in [3.8, 4) is 34.3 Å². The zero-order valence-corrected chi connectivity index (χ0v) is 16.4. The van der Waals surface area contributed by atoms with E-state index in [-0.39, 0.29) is 27.3 Å². The van der Waals surface area contributed by atoms with Gasteiger partial charge in [-0.15, -0.1) is 0 Å². The van der Waals surface area contributed by atoms with Crippen LogP contribution in [0, 0.1) is 12.0 Å². The fourth-order valence-corrected chi connectivity index (χ4v) is 3.40. The second-order valence-corrected chi connectivity index (χ2v) is 7.92. The molecule has 0 aliphatic carbocycles. The molecular weight excluding hydrogens is 427 g/mol. The molecule has 5 nitrogen and oxygen atoms in total. The molecule has 0 saturated heterocycles. The minimum Gasteiger partial charge on any atom is -0.225 e. The van der Waals surface area contributed by atoms with Crippen molar-refractivity contribution in [1.29, 1.82) is 0 Å². The second-order valence-electron chi connectivity index (χ2n) is 5.92. The lowest BCUT2D eigenvalue weighted by Gasteiger charge is -2.10. The third-order valence-corrected chi connectivity index (χ3v) is 5.14. The highest BCUT2D eigenvalue weighted by molar-refractivity contribution is 7.89. The smallest absolute Gasteiger partial charge is 0.225 e. The van der Waals surface area contributed by atoms with Gasteiger partial charge in [-0.25, -0.2) is 13.6 Å². The first kappa shape index (κ1) is 20.9. The van der Waals surface area contributed by atoms with Crippen molar-refractivity contribution in [3.63, 3.8) is 0 Å². The minimum absolute atomic E-state index is 0.0108. The van der Waals surface area contributed by atoms with Crippen LogP contribution in [0.25, 0.3) is 22.4 Å². The Kier molecular flexibility index (Phi) is 5.45.